The van der Waals surface area contributed by atoms with Crippen molar-refractivity contribution in [3.8, 4) is 82.9 Å². The summed E-state index contributed by atoms with van der Waals surface area (Å²) in [5.41, 5.74) is 0. The molecular weight excluding hydrogens is 288 g/mol. The number of rotatable bonds is 0. The minimum Gasteiger partial charge on any atom is -0.0925 e. The van der Waals surface area contributed by atoms with Gasteiger partial charge in [0.15, 0.2) is 0 Å². The van der Waals surface area contributed by atoms with Gasteiger partial charge in [0.1, 0.15) is 0 Å². The van der Waals surface area contributed by atoms with E-state index in [9.17, 15) is 0 Å². The van der Waals surface area contributed by atoms with Crippen molar-refractivity contribution in [1.82, 2.24) is 0 Å². The molecule has 0 atom stereocenters. The van der Waals surface area contributed by atoms with Gasteiger partial charge < -0.3 is 0 Å². The SMILES string of the molecule is CC#CC#CC#CC#CC#CC#CC#CC.[HH].[HH].[HH].[HH].[HH].[HH].[HH].[Mo]. The van der Waals surface area contributed by atoms with E-state index in [-0.39, 0.29) is 31.1 Å². The molecule has 0 aliphatic carbocycles. The molecule has 90 valence electrons. The summed E-state index contributed by atoms with van der Waals surface area (Å²) in [4.78, 5) is 0. The molecule has 0 aliphatic heterocycles. The Balaban J connectivity index is -0.0000000402. The standard InChI is InChI=1S/C16H6.Mo.7H2/c1-3-5-7-9-11-13-15-16-14-12-10-8-6-4-2;;;;;;;;/h1-2H3;;7*1H. The van der Waals surface area contributed by atoms with E-state index in [1.165, 1.54) is 0 Å². The second kappa shape index (κ2) is 16.1. The van der Waals surface area contributed by atoms with Gasteiger partial charge in [-0.2, -0.15) is 0 Å². The quantitative estimate of drug-likeness (QED) is 0.477. The second-order valence-corrected chi connectivity index (χ2v) is 2.00. The Morgan fingerprint density at radius 1 is 0.412 bits per heavy atom. The zero-order valence-electron chi connectivity index (χ0n) is 9.41. The Morgan fingerprint density at radius 3 is 0.765 bits per heavy atom. The zero-order valence-corrected chi connectivity index (χ0v) is 11.4. The normalized spacial score (nSPS) is 3.65. The van der Waals surface area contributed by atoms with Gasteiger partial charge in [-0.3, -0.25) is 0 Å². The van der Waals surface area contributed by atoms with Crippen LogP contribution in [0, 0.1) is 82.9 Å². The van der Waals surface area contributed by atoms with Gasteiger partial charge in [0.25, 0.3) is 0 Å². The molecule has 0 spiro atoms. The summed E-state index contributed by atoms with van der Waals surface area (Å²) in [6.07, 6.45) is 0. The first-order valence-corrected chi connectivity index (χ1v) is 4.25. The van der Waals surface area contributed by atoms with Gasteiger partial charge in [-0.1, -0.05) is 11.8 Å². The molecule has 0 rings (SSSR count). The van der Waals surface area contributed by atoms with Crippen molar-refractivity contribution < 1.29 is 31.1 Å². The summed E-state index contributed by atoms with van der Waals surface area (Å²) in [5, 5.41) is 0. The molecule has 0 saturated carbocycles. The summed E-state index contributed by atoms with van der Waals surface area (Å²) in [6.45, 7) is 3.42. The molecule has 0 bridgehead atoms. The van der Waals surface area contributed by atoms with E-state index in [1.807, 2.05) is 0 Å². The Labute approximate surface area is 128 Å². The summed E-state index contributed by atoms with van der Waals surface area (Å²) >= 11 is 0. The average Bonchev–Trinajstić information content (AvgIpc) is 2.31. The molecule has 0 radical (unpaired) electrons. The minimum absolute atomic E-state index is 0. The van der Waals surface area contributed by atoms with Gasteiger partial charge in [-0.15, -0.1) is 0 Å². The van der Waals surface area contributed by atoms with E-state index in [2.05, 4.69) is 82.9 Å². The Morgan fingerprint density at radius 2 is 0.588 bits per heavy atom. The fourth-order valence-corrected chi connectivity index (χ4v) is 0.438. The maximum absolute atomic E-state index is 2.63. The van der Waals surface area contributed by atoms with Crippen LogP contribution in [0.15, 0.2) is 0 Å². The Bertz CT molecular complexity index is 620. The molecule has 0 saturated heterocycles. The van der Waals surface area contributed by atoms with Crippen molar-refractivity contribution in [2.45, 2.75) is 13.8 Å². The molecule has 0 aliphatic rings. The van der Waals surface area contributed by atoms with Crippen molar-refractivity contribution in [2.24, 2.45) is 0 Å². The van der Waals surface area contributed by atoms with Crippen LogP contribution in [-0.2, 0) is 21.1 Å². The van der Waals surface area contributed by atoms with Gasteiger partial charge in [-0.25, -0.2) is 0 Å². The van der Waals surface area contributed by atoms with Crippen molar-refractivity contribution in [2.75, 3.05) is 0 Å². The summed E-state index contributed by atoms with van der Waals surface area (Å²) in [6, 6.07) is 0. The third-order valence-corrected chi connectivity index (χ3v) is 0.938. The second-order valence-electron chi connectivity index (χ2n) is 2.00. The smallest absolute Gasteiger partial charge is 0 e. The average molecular weight is 308 g/mol. The van der Waals surface area contributed by atoms with E-state index in [4.69, 9.17) is 0 Å². The largest absolute Gasteiger partial charge is 0.0925 e. The molecule has 0 aromatic rings. The fourth-order valence-electron chi connectivity index (χ4n) is 0.438. The van der Waals surface area contributed by atoms with Gasteiger partial charge in [0.05, 0.1) is 0 Å². The number of hydrogen-bond acceptors (Lipinski definition) is 0. The van der Waals surface area contributed by atoms with Crippen LogP contribution in [-0.4, -0.2) is 0 Å². The van der Waals surface area contributed by atoms with E-state index < -0.39 is 0 Å². The summed E-state index contributed by atoms with van der Waals surface area (Å²) in [7, 11) is 0. The Hall–Kier alpha value is -2.39. The monoisotopic (exact) mass is 310 g/mol. The summed E-state index contributed by atoms with van der Waals surface area (Å²) < 4.78 is 0. The Kier molecular flexibility index (Phi) is 16.1. The van der Waals surface area contributed by atoms with Gasteiger partial charge in [0, 0.05) is 31.1 Å². The number of hydrogen-bond donors (Lipinski definition) is 0. The van der Waals surface area contributed by atoms with Crippen LogP contribution in [0.25, 0.3) is 0 Å². The predicted octanol–water partition coefficient (Wildman–Crippen LogP) is 2.77. The van der Waals surface area contributed by atoms with Crippen LogP contribution in [0.3, 0.4) is 0 Å². The zero-order chi connectivity index (χ0) is 11.9. The van der Waals surface area contributed by atoms with Crippen molar-refractivity contribution >= 4 is 0 Å². The molecule has 17 heavy (non-hydrogen) atoms. The van der Waals surface area contributed by atoms with Crippen LogP contribution in [0.5, 0.6) is 0 Å². The summed E-state index contributed by atoms with van der Waals surface area (Å²) in [5.74, 6) is 35.6. The molecule has 0 amide bonds. The molecule has 0 nitrogen and oxygen atoms in total. The van der Waals surface area contributed by atoms with E-state index >= 15 is 0 Å². The van der Waals surface area contributed by atoms with E-state index in [0.717, 1.165) is 0 Å². The first-order valence-electron chi connectivity index (χ1n) is 4.25. The first-order chi connectivity index (χ1) is 7.91. The van der Waals surface area contributed by atoms with Crippen molar-refractivity contribution in [3.63, 3.8) is 0 Å². The van der Waals surface area contributed by atoms with Crippen LogP contribution >= 0.6 is 0 Å². The molecule has 0 aromatic heterocycles. The van der Waals surface area contributed by atoms with Crippen LogP contribution in [0.2, 0.25) is 0 Å². The molecule has 0 N–H and O–H groups in total. The van der Waals surface area contributed by atoms with Gasteiger partial charge in [-0.05, 0) is 84.9 Å². The maximum atomic E-state index is 2.63. The van der Waals surface area contributed by atoms with Crippen LogP contribution in [0.4, 0.5) is 0 Å². The molecular formula is C16H20Mo. The van der Waals surface area contributed by atoms with Gasteiger partial charge in [0.2, 0.25) is 0 Å². The molecule has 1 heteroatoms. The van der Waals surface area contributed by atoms with Crippen LogP contribution in [0.1, 0.15) is 23.8 Å². The molecule has 0 aromatic carbocycles. The first kappa shape index (κ1) is 17.0. The van der Waals surface area contributed by atoms with Gasteiger partial charge >= 0.3 is 0 Å². The van der Waals surface area contributed by atoms with Crippen LogP contribution < -0.4 is 0 Å². The predicted molar refractivity (Wildman–Crippen MR) is 80.6 cm³/mol. The molecule has 0 unspecified atom stereocenters. The fraction of sp³-hybridized carbons (Fsp3) is 0.125. The van der Waals surface area contributed by atoms with Crippen molar-refractivity contribution in [3.05, 3.63) is 0 Å². The maximum Gasteiger partial charge on any atom is 0 e. The third-order valence-electron chi connectivity index (χ3n) is 0.938. The topological polar surface area (TPSA) is 0 Å². The third kappa shape index (κ3) is 16.3. The van der Waals surface area contributed by atoms with E-state index in [1.54, 1.807) is 13.8 Å². The van der Waals surface area contributed by atoms with Crippen molar-refractivity contribution in [1.29, 1.82) is 0 Å². The molecule has 0 fully saturated rings. The van der Waals surface area contributed by atoms with E-state index in [0.29, 0.717) is 0 Å². The molecule has 0 heterocycles. The minimum atomic E-state index is 0.